The van der Waals surface area contributed by atoms with Gasteiger partial charge in [-0.1, -0.05) is 18.2 Å². The summed E-state index contributed by atoms with van der Waals surface area (Å²) in [6.07, 6.45) is -0.124. The lowest BCUT2D eigenvalue weighted by atomic mass is 9.96. The van der Waals surface area contributed by atoms with Crippen molar-refractivity contribution < 1.29 is 31.5 Å². The van der Waals surface area contributed by atoms with Crippen LogP contribution in [-0.2, 0) is 16.4 Å². The third kappa shape index (κ3) is 4.88. The Kier molecular flexibility index (Phi) is 5.85. The van der Waals surface area contributed by atoms with E-state index in [1.54, 1.807) is 0 Å². The Balaban J connectivity index is 1.96. The molecule has 0 aromatic heterocycles. The molecule has 1 aliphatic rings. The fourth-order valence-corrected chi connectivity index (χ4v) is 4.48. The van der Waals surface area contributed by atoms with E-state index >= 15 is 4.39 Å². The molecule has 156 valence electrons. The summed E-state index contributed by atoms with van der Waals surface area (Å²) in [5, 5.41) is 9.41. The minimum Gasteiger partial charge on any atom is -0.465 e. The quantitative estimate of drug-likeness (QED) is 0.767. The monoisotopic (exact) mass is 428 g/mol. The molecule has 10 heteroatoms. The largest absolute Gasteiger partial charge is 0.465 e. The molecule has 29 heavy (non-hydrogen) atoms. The molecule has 2 aromatic rings. The maximum Gasteiger partial charge on any atom is 0.407 e. The van der Waals surface area contributed by atoms with Gasteiger partial charge in [-0.2, -0.15) is 0 Å². The second kappa shape index (κ2) is 8.03. The van der Waals surface area contributed by atoms with E-state index in [2.05, 4.69) is 4.72 Å². The number of nitrogens with one attached hydrogen (secondary N) is 1. The molecule has 1 aliphatic heterocycles. The lowest BCUT2D eigenvalue weighted by molar-refractivity contribution is 0.137. The average molecular weight is 428 g/mol. The van der Waals surface area contributed by atoms with Crippen molar-refractivity contribution in [1.29, 1.82) is 0 Å². The highest BCUT2D eigenvalue weighted by molar-refractivity contribution is 7.88. The summed E-state index contributed by atoms with van der Waals surface area (Å²) in [5.41, 5.74) is 0.0909. The second-order valence-corrected chi connectivity index (χ2v) is 8.75. The van der Waals surface area contributed by atoms with Crippen LogP contribution in [0.4, 0.5) is 18.0 Å². The smallest absolute Gasteiger partial charge is 0.407 e. The molecule has 1 amide bonds. The van der Waals surface area contributed by atoms with Crippen LogP contribution in [0.2, 0.25) is 0 Å². The van der Waals surface area contributed by atoms with Crippen LogP contribution >= 0.6 is 0 Å². The van der Waals surface area contributed by atoms with Crippen LogP contribution in [0.5, 0.6) is 0 Å². The number of sulfonamides is 1. The van der Waals surface area contributed by atoms with Gasteiger partial charge >= 0.3 is 6.09 Å². The van der Waals surface area contributed by atoms with Crippen molar-refractivity contribution in [3.05, 3.63) is 59.4 Å². The molecule has 0 spiro atoms. The minimum absolute atomic E-state index is 0.00849. The van der Waals surface area contributed by atoms with E-state index in [0.29, 0.717) is 6.07 Å². The summed E-state index contributed by atoms with van der Waals surface area (Å²) < 4.78 is 67.8. The van der Waals surface area contributed by atoms with E-state index < -0.39 is 45.7 Å². The van der Waals surface area contributed by atoms with Crippen LogP contribution < -0.4 is 4.72 Å². The van der Waals surface area contributed by atoms with Gasteiger partial charge in [0.25, 0.3) is 0 Å². The Morgan fingerprint density at radius 3 is 2.45 bits per heavy atom. The molecule has 2 N–H and O–H groups in total. The summed E-state index contributed by atoms with van der Waals surface area (Å²) >= 11 is 0. The van der Waals surface area contributed by atoms with Crippen molar-refractivity contribution >= 4 is 16.1 Å². The van der Waals surface area contributed by atoms with Crippen molar-refractivity contribution in [3.8, 4) is 11.1 Å². The van der Waals surface area contributed by atoms with Gasteiger partial charge in [-0.3, -0.25) is 0 Å². The Hall–Kier alpha value is -2.59. The molecule has 0 aliphatic carbocycles. The van der Waals surface area contributed by atoms with Gasteiger partial charge in [-0.25, -0.2) is 31.1 Å². The number of hydrogen-bond donors (Lipinski definition) is 2. The van der Waals surface area contributed by atoms with E-state index in [1.165, 1.54) is 18.2 Å². The van der Waals surface area contributed by atoms with Gasteiger partial charge in [0.05, 0.1) is 12.3 Å². The number of likely N-dealkylation sites (tertiary alicyclic amines) is 1. The summed E-state index contributed by atoms with van der Waals surface area (Å²) in [4.78, 5) is 12.6. The highest BCUT2D eigenvalue weighted by atomic mass is 32.2. The zero-order valence-electron chi connectivity index (χ0n) is 15.4. The third-order valence-corrected chi connectivity index (χ3v) is 5.57. The Bertz CT molecular complexity index is 1030. The maximum absolute atomic E-state index is 15.1. The van der Waals surface area contributed by atoms with Crippen LogP contribution in [-0.4, -0.2) is 49.4 Å². The van der Waals surface area contributed by atoms with Gasteiger partial charge in [0, 0.05) is 24.2 Å². The predicted octanol–water partition coefficient (Wildman–Crippen LogP) is 2.98. The van der Waals surface area contributed by atoms with Crippen molar-refractivity contribution in [2.75, 3.05) is 12.8 Å². The van der Waals surface area contributed by atoms with Crippen LogP contribution in [0.1, 0.15) is 12.0 Å². The average Bonchev–Trinajstić information content (AvgIpc) is 2.96. The van der Waals surface area contributed by atoms with Crippen molar-refractivity contribution in [2.24, 2.45) is 0 Å². The van der Waals surface area contributed by atoms with Crippen LogP contribution in [0.25, 0.3) is 11.1 Å². The number of halogens is 3. The van der Waals surface area contributed by atoms with Crippen molar-refractivity contribution in [2.45, 2.75) is 24.9 Å². The topological polar surface area (TPSA) is 86.7 Å². The molecular weight excluding hydrogens is 409 g/mol. The molecule has 0 unspecified atom stereocenters. The van der Waals surface area contributed by atoms with Crippen molar-refractivity contribution in [1.82, 2.24) is 9.62 Å². The standard InChI is InChI=1S/C19H19F3N2O4S/c1-29(27,28)23-16-5-6-24(19(25)26)17(16)9-11-3-2-4-15(18(11)22)12-7-13(20)10-14(21)8-12/h2-4,7-8,10,16-17,23H,5-6,9H2,1H3,(H,25,26)/t16-,17-/m0/s1. The van der Waals surface area contributed by atoms with Gasteiger partial charge in [0.1, 0.15) is 17.5 Å². The van der Waals surface area contributed by atoms with Crippen LogP contribution in [0.15, 0.2) is 36.4 Å². The highest BCUT2D eigenvalue weighted by Crippen LogP contribution is 2.29. The van der Waals surface area contributed by atoms with E-state index in [0.717, 1.165) is 23.3 Å². The minimum atomic E-state index is -3.60. The lowest BCUT2D eigenvalue weighted by Gasteiger charge is -2.26. The molecule has 0 bridgehead atoms. The summed E-state index contributed by atoms with van der Waals surface area (Å²) in [5.74, 6) is -2.45. The van der Waals surface area contributed by atoms with Gasteiger partial charge in [-0.05, 0) is 36.1 Å². The first-order valence-electron chi connectivity index (χ1n) is 8.76. The van der Waals surface area contributed by atoms with Crippen LogP contribution in [0.3, 0.4) is 0 Å². The number of nitrogens with zero attached hydrogens (tertiary/aromatic N) is 1. The molecule has 1 fully saturated rings. The van der Waals surface area contributed by atoms with Gasteiger partial charge in [0.15, 0.2) is 0 Å². The predicted molar refractivity (Wildman–Crippen MR) is 100 cm³/mol. The number of benzene rings is 2. The second-order valence-electron chi connectivity index (χ2n) is 6.97. The Morgan fingerprint density at radius 1 is 1.21 bits per heavy atom. The van der Waals surface area contributed by atoms with Gasteiger partial charge in [-0.15, -0.1) is 0 Å². The van der Waals surface area contributed by atoms with Gasteiger partial charge < -0.3 is 10.0 Å². The Labute approximate surface area is 166 Å². The van der Waals surface area contributed by atoms with Crippen LogP contribution in [0, 0.1) is 17.5 Å². The van der Waals surface area contributed by atoms with E-state index in [9.17, 15) is 27.1 Å². The molecule has 2 atom stereocenters. The molecular formula is C19H19F3N2O4S. The molecule has 3 rings (SSSR count). The fraction of sp³-hybridized carbons (Fsp3) is 0.316. The summed E-state index contributed by atoms with van der Waals surface area (Å²) in [7, 11) is -3.60. The summed E-state index contributed by atoms with van der Waals surface area (Å²) in [6.45, 7) is 0.101. The Morgan fingerprint density at radius 2 is 1.86 bits per heavy atom. The number of amides is 1. The first kappa shape index (κ1) is 21.1. The number of hydrogen-bond acceptors (Lipinski definition) is 3. The normalized spacial score (nSPS) is 19.5. The highest BCUT2D eigenvalue weighted by Gasteiger charge is 2.39. The first-order valence-corrected chi connectivity index (χ1v) is 10.6. The number of rotatable bonds is 5. The molecule has 0 saturated carbocycles. The fourth-order valence-electron chi connectivity index (χ4n) is 3.65. The zero-order valence-corrected chi connectivity index (χ0v) is 16.2. The van der Waals surface area contributed by atoms with Crippen molar-refractivity contribution in [3.63, 3.8) is 0 Å². The SMILES string of the molecule is CS(=O)(=O)N[C@H]1CCN(C(=O)O)[C@H]1Cc1cccc(-c2cc(F)cc(F)c2)c1F. The van der Waals surface area contributed by atoms with Gasteiger partial charge in [0.2, 0.25) is 10.0 Å². The molecule has 1 heterocycles. The molecule has 6 nitrogen and oxygen atoms in total. The van der Waals surface area contributed by atoms with E-state index in [4.69, 9.17) is 0 Å². The first-order chi connectivity index (χ1) is 13.5. The molecule has 1 saturated heterocycles. The third-order valence-electron chi connectivity index (χ3n) is 4.84. The lowest BCUT2D eigenvalue weighted by Crippen LogP contribution is -2.47. The summed E-state index contributed by atoms with van der Waals surface area (Å²) in [6, 6.07) is 5.43. The number of carbonyl (C=O) groups is 1. The van der Waals surface area contributed by atoms with E-state index in [-0.39, 0.29) is 36.1 Å². The number of carboxylic acid groups (broad SMARTS) is 1. The zero-order chi connectivity index (χ0) is 21.3. The van der Waals surface area contributed by atoms with E-state index in [1.807, 2.05) is 0 Å². The molecule has 0 radical (unpaired) electrons. The maximum atomic E-state index is 15.1. The molecule has 2 aromatic carbocycles.